The maximum atomic E-state index is 12.8. The largest absolute Gasteiger partial charge is 0.380 e. The van der Waals surface area contributed by atoms with Crippen LogP contribution < -0.4 is 16.4 Å². The van der Waals surface area contributed by atoms with Crippen molar-refractivity contribution in [2.45, 2.75) is 44.1 Å². The fourth-order valence-corrected chi connectivity index (χ4v) is 3.70. The van der Waals surface area contributed by atoms with E-state index in [4.69, 9.17) is 5.73 Å². The highest BCUT2D eigenvalue weighted by Crippen LogP contribution is 2.30. The molecule has 0 radical (unpaired) electrons. The third-order valence-corrected chi connectivity index (χ3v) is 5.51. The second-order valence-corrected chi connectivity index (χ2v) is 7.82. The van der Waals surface area contributed by atoms with Crippen molar-refractivity contribution in [3.05, 3.63) is 66.4 Å². The Bertz CT molecular complexity index is 953. The number of nitrogens with zero attached hydrogens (tertiary/aromatic N) is 3. The van der Waals surface area contributed by atoms with Gasteiger partial charge in [0.15, 0.2) is 18.0 Å². The van der Waals surface area contributed by atoms with Gasteiger partial charge in [-0.1, -0.05) is 18.2 Å². The Kier molecular flexibility index (Phi) is 8.47. The number of aliphatic hydroxyl groups excluding tert-OH is 2. The van der Waals surface area contributed by atoms with Crippen LogP contribution in [0.2, 0.25) is 0 Å². The first-order valence-corrected chi connectivity index (χ1v) is 10.9. The number of nitrogens with two attached hydrogens (primary N) is 1. The summed E-state index contributed by atoms with van der Waals surface area (Å²) in [6, 6.07) is 8.17. The molecule has 4 atom stereocenters. The third kappa shape index (κ3) is 6.13. The zero-order chi connectivity index (χ0) is 23.8. The van der Waals surface area contributed by atoms with E-state index < -0.39 is 36.1 Å². The summed E-state index contributed by atoms with van der Waals surface area (Å²) in [5.74, 6) is -1.08. The van der Waals surface area contributed by atoms with Gasteiger partial charge in [0.05, 0.1) is 12.1 Å². The van der Waals surface area contributed by atoms with Crippen molar-refractivity contribution < 1.29 is 19.8 Å². The lowest BCUT2D eigenvalue weighted by Gasteiger charge is -2.28. The van der Waals surface area contributed by atoms with E-state index in [2.05, 4.69) is 20.6 Å². The van der Waals surface area contributed by atoms with Gasteiger partial charge in [0.2, 0.25) is 0 Å². The molecule has 0 saturated carbocycles. The maximum Gasteiger partial charge on any atom is 0.255 e. The first kappa shape index (κ1) is 24.3. The van der Waals surface area contributed by atoms with Crippen LogP contribution in [0, 0.1) is 0 Å². The van der Waals surface area contributed by atoms with Crippen LogP contribution in [-0.2, 0) is 9.59 Å². The van der Waals surface area contributed by atoms with E-state index in [9.17, 15) is 19.8 Å². The van der Waals surface area contributed by atoms with E-state index in [1.807, 2.05) is 24.3 Å². The summed E-state index contributed by atoms with van der Waals surface area (Å²) in [5.41, 5.74) is 7.05. The molecule has 1 aliphatic heterocycles. The molecule has 10 nitrogen and oxygen atoms in total. The molecular weight excluding hydrogens is 424 g/mol. The topological polar surface area (TPSA) is 154 Å². The van der Waals surface area contributed by atoms with Crippen LogP contribution in [-0.4, -0.2) is 62.2 Å². The van der Waals surface area contributed by atoms with E-state index in [-0.39, 0.29) is 0 Å². The van der Waals surface area contributed by atoms with Crippen LogP contribution in [0.1, 0.15) is 43.2 Å². The summed E-state index contributed by atoms with van der Waals surface area (Å²) < 4.78 is 0. The van der Waals surface area contributed by atoms with Crippen molar-refractivity contribution >= 4 is 17.5 Å². The lowest BCUT2D eigenvalue weighted by atomic mass is 10.1. The Balaban J connectivity index is 1.58. The number of amides is 2. The van der Waals surface area contributed by atoms with Crippen LogP contribution in [0.3, 0.4) is 0 Å². The van der Waals surface area contributed by atoms with Gasteiger partial charge in [-0.25, -0.2) is 9.97 Å². The maximum absolute atomic E-state index is 12.8. The number of aromatic nitrogens is 2. The molecule has 1 unspecified atom stereocenters. The van der Waals surface area contributed by atoms with Gasteiger partial charge >= 0.3 is 0 Å². The molecule has 176 valence electrons. The van der Waals surface area contributed by atoms with Crippen LogP contribution in [0.25, 0.3) is 0 Å². The molecule has 10 heteroatoms. The average molecular weight is 455 g/mol. The van der Waals surface area contributed by atoms with Crippen LogP contribution in [0.4, 0.5) is 5.69 Å². The summed E-state index contributed by atoms with van der Waals surface area (Å²) in [5, 5.41) is 26.5. The summed E-state index contributed by atoms with van der Waals surface area (Å²) >= 11 is 0. The lowest BCUT2D eigenvalue weighted by molar-refractivity contribution is -0.154. The predicted molar refractivity (Wildman–Crippen MR) is 123 cm³/mol. The van der Waals surface area contributed by atoms with Gasteiger partial charge in [0.25, 0.3) is 11.8 Å². The Labute approximate surface area is 192 Å². The predicted octanol–water partition coefficient (Wildman–Crippen LogP) is 0.624. The molecule has 0 aliphatic carbocycles. The van der Waals surface area contributed by atoms with Gasteiger partial charge in [-0.2, -0.15) is 0 Å². The number of hydrogen-bond acceptors (Lipinski definition) is 8. The summed E-state index contributed by atoms with van der Waals surface area (Å²) in [4.78, 5) is 35.2. The van der Waals surface area contributed by atoms with Crippen molar-refractivity contribution in [2.24, 2.45) is 5.73 Å². The van der Waals surface area contributed by atoms with Crippen molar-refractivity contribution in [1.82, 2.24) is 20.2 Å². The number of hydrogen-bond donors (Lipinski definition) is 5. The number of carbonyl (C=O) groups excluding carboxylic acids is 2. The highest BCUT2D eigenvalue weighted by Gasteiger charge is 2.39. The molecule has 1 aromatic carbocycles. The SMILES string of the molecule is C[C@@H](NC(=O)[C@H](O)[C@@H](O)C(=O)N1CCCC1c1ncccn1)c1ccc(N/C=C\CN)cc1. The van der Waals surface area contributed by atoms with E-state index in [0.29, 0.717) is 31.8 Å². The average Bonchev–Trinajstić information content (AvgIpc) is 3.33. The first-order valence-electron chi connectivity index (χ1n) is 10.9. The molecule has 1 saturated heterocycles. The van der Waals surface area contributed by atoms with Gasteiger partial charge in [-0.3, -0.25) is 9.59 Å². The minimum absolute atomic E-state index is 0.393. The molecular formula is C23H30N6O4. The van der Waals surface area contributed by atoms with Crippen molar-refractivity contribution in [1.29, 1.82) is 0 Å². The summed E-state index contributed by atoms with van der Waals surface area (Å²) in [6.07, 6.45) is 4.27. The third-order valence-electron chi connectivity index (χ3n) is 5.51. The van der Waals surface area contributed by atoms with E-state index >= 15 is 0 Å². The van der Waals surface area contributed by atoms with Crippen molar-refractivity contribution in [3.63, 3.8) is 0 Å². The quantitative estimate of drug-likeness (QED) is 0.370. The highest BCUT2D eigenvalue weighted by molar-refractivity contribution is 5.91. The van der Waals surface area contributed by atoms with Gasteiger partial charge in [0, 0.05) is 31.2 Å². The smallest absolute Gasteiger partial charge is 0.255 e. The Hall–Kier alpha value is -3.34. The fraction of sp³-hybridized carbons (Fsp3) is 0.391. The normalized spacial score (nSPS) is 18.7. The molecule has 6 N–H and O–H groups in total. The van der Waals surface area contributed by atoms with Gasteiger partial charge < -0.3 is 31.5 Å². The Morgan fingerprint density at radius 2 is 1.91 bits per heavy atom. The molecule has 2 aromatic rings. The zero-order valence-electron chi connectivity index (χ0n) is 18.5. The lowest BCUT2D eigenvalue weighted by Crippen LogP contribution is -2.51. The molecule has 2 amide bonds. The minimum Gasteiger partial charge on any atom is -0.380 e. The summed E-state index contributed by atoms with van der Waals surface area (Å²) in [7, 11) is 0. The molecule has 1 aromatic heterocycles. The van der Waals surface area contributed by atoms with Crippen LogP contribution in [0.5, 0.6) is 0 Å². The second kappa shape index (κ2) is 11.5. The number of carbonyl (C=O) groups is 2. The molecule has 33 heavy (non-hydrogen) atoms. The molecule has 0 bridgehead atoms. The number of nitrogens with one attached hydrogen (secondary N) is 2. The van der Waals surface area contributed by atoms with Crippen LogP contribution in [0.15, 0.2) is 55.0 Å². The number of aliphatic hydroxyl groups is 2. The molecule has 2 heterocycles. The standard InChI is InChI=1S/C23H30N6O4/c1-15(16-6-8-17(9-7-16)25-11-3-10-24)28-22(32)19(30)20(31)23(33)29-14-2-5-18(29)21-26-12-4-13-27-21/h3-4,6-9,11-13,15,18-20,25,30-31H,2,5,10,14,24H2,1H3,(H,28,32)/b11-3-/t15-,18?,19-,20-/m1/s1. The Morgan fingerprint density at radius 3 is 2.58 bits per heavy atom. The van der Waals surface area contributed by atoms with Gasteiger partial charge in [-0.05, 0) is 49.7 Å². The molecule has 1 fully saturated rings. The number of likely N-dealkylation sites (tertiary alicyclic amines) is 1. The van der Waals surface area contributed by atoms with Gasteiger partial charge in [-0.15, -0.1) is 0 Å². The van der Waals surface area contributed by atoms with Gasteiger partial charge in [0.1, 0.15) is 0 Å². The monoisotopic (exact) mass is 454 g/mol. The number of benzene rings is 1. The summed E-state index contributed by atoms with van der Waals surface area (Å²) in [6.45, 7) is 2.58. The minimum atomic E-state index is -1.90. The highest BCUT2D eigenvalue weighted by atomic mass is 16.3. The fourth-order valence-electron chi connectivity index (χ4n) is 3.70. The van der Waals surface area contributed by atoms with E-state index in [1.165, 1.54) is 4.90 Å². The van der Waals surface area contributed by atoms with Crippen LogP contribution >= 0.6 is 0 Å². The Morgan fingerprint density at radius 1 is 1.21 bits per heavy atom. The second-order valence-electron chi connectivity index (χ2n) is 7.82. The zero-order valence-corrected chi connectivity index (χ0v) is 18.5. The first-order chi connectivity index (χ1) is 15.9. The molecule has 0 spiro atoms. The van der Waals surface area contributed by atoms with Crippen molar-refractivity contribution in [3.8, 4) is 0 Å². The molecule has 1 aliphatic rings. The number of rotatable bonds is 9. The number of anilines is 1. The molecule has 3 rings (SSSR count). The van der Waals surface area contributed by atoms with E-state index in [0.717, 1.165) is 11.3 Å². The van der Waals surface area contributed by atoms with Crippen molar-refractivity contribution in [2.75, 3.05) is 18.4 Å². The van der Waals surface area contributed by atoms with E-state index in [1.54, 1.807) is 37.7 Å².